The number of piperazine rings is 1. The van der Waals surface area contributed by atoms with Crippen LogP contribution >= 0.6 is 24.0 Å². The van der Waals surface area contributed by atoms with Gasteiger partial charge in [-0.2, -0.15) is 0 Å². The molecule has 7 nitrogen and oxygen atoms in total. The SMILES string of the molecule is CCNC(=NCc1ccc(C)cc1OC)NCC(=O)N1CCN(c2ccccc2)CC1.I. The van der Waals surface area contributed by atoms with Gasteiger partial charge in [-0.15, -0.1) is 24.0 Å². The van der Waals surface area contributed by atoms with Crippen LogP contribution in [0.5, 0.6) is 5.75 Å². The smallest absolute Gasteiger partial charge is 0.242 e. The molecule has 0 aromatic heterocycles. The Balaban J connectivity index is 0.00000363. The van der Waals surface area contributed by atoms with Crippen molar-refractivity contribution in [2.75, 3.05) is 51.3 Å². The van der Waals surface area contributed by atoms with Crippen molar-refractivity contribution in [3.63, 3.8) is 0 Å². The first-order valence-electron chi connectivity index (χ1n) is 10.8. The number of ether oxygens (including phenoxy) is 1. The Bertz CT molecular complexity index is 883. The maximum Gasteiger partial charge on any atom is 0.242 e. The van der Waals surface area contributed by atoms with Crippen LogP contribution < -0.4 is 20.3 Å². The molecule has 0 spiro atoms. The van der Waals surface area contributed by atoms with Gasteiger partial charge in [-0.1, -0.05) is 30.3 Å². The highest BCUT2D eigenvalue weighted by Gasteiger charge is 2.21. The number of aryl methyl sites for hydroxylation is 1. The molecule has 3 rings (SSSR count). The van der Waals surface area contributed by atoms with Crippen molar-refractivity contribution in [2.24, 2.45) is 4.99 Å². The van der Waals surface area contributed by atoms with Crippen LogP contribution in [-0.4, -0.2) is 63.1 Å². The molecule has 1 aliphatic rings. The fraction of sp³-hybridized carbons (Fsp3) is 0.417. The van der Waals surface area contributed by atoms with E-state index in [4.69, 9.17) is 4.74 Å². The highest BCUT2D eigenvalue weighted by Crippen LogP contribution is 2.20. The molecule has 2 aromatic carbocycles. The molecule has 1 aliphatic heterocycles. The summed E-state index contributed by atoms with van der Waals surface area (Å²) in [6, 6.07) is 16.4. The Morgan fingerprint density at radius 2 is 1.78 bits per heavy atom. The fourth-order valence-corrected chi connectivity index (χ4v) is 3.61. The van der Waals surface area contributed by atoms with Crippen LogP contribution in [0.4, 0.5) is 5.69 Å². The molecular weight excluding hydrogens is 517 g/mol. The molecule has 2 aromatic rings. The van der Waals surface area contributed by atoms with Crippen LogP contribution in [0.3, 0.4) is 0 Å². The van der Waals surface area contributed by atoms with Crippen molar-refractivity contribution in [3.8, 4) is 5.75 Å². The monoisotopic (exact) mass is 551 g/mol. The van der Waals surface area contributed by atoms with Gasteiger partial charge >= 0.3 is 0 Å². The van der Waals surface area contributed by atoms with Crippen LogP contribution in [0.25, 0.3) is 0 Å². The van der Waals surface area contributed by atoms with Crippen molar-refractivity contribution < 1.29 is 9.53 Å². The Morgan fingerprint density at radius 3 is 2.44 bits per heavy atom. The molecule has 0 radical (unpaired) electrons. The zero-order valence-electron chi connectivity index (χ0n) is 19.1. The summed E-state index contributed by atoms with van der Waals surface area (Å²) in [5, 5.41) is 6.38. The molecule has 0 unspecified atom stereocenters. The van der Waals surface area contributed by atoms with E-state index in [-0.39, 0.29) is 36.4 Å². The van der Waals surface area contributed by atoms with Gasteiger partial charge in [0, 0.05) is 44.0 Å². The van der Waals surface area contributed by atoms with E-state index in [0.29, 0.717) is 12.5 Å². The highest BCUT2D eigenvalue weighted by atomic mass is 127. The van der Waals surface area contributed by atoms with E-state index < -0.39 is 0 Å². The summed E-state index contributed by atoms with van der Waals surface area (Å²) >= 11 is 0. The molecule has 174 valence electrons. The van der Waals surface area contributed by atoms with Gasteiger partial charge in [-0.05, 0) is 37.6 Å². The van der Waals surface area contributed by atoms with Gasteiger partial charge < -0.3 is 25.2 Å². The number of amides is 1. The van der Waals surface area contributed by atoms with Crippen LogP contribution in [0.1, 0.15) is 18.1 Å². The average molecular weight is 551 g/mol. The number of rotatable bonds is 7. The van der Waals surface area contributed by atoms with Gasteiger partial charge in [0.2, 0.25) is 5.91 Å². The molecule has 2 N–H and O–H groups in total. The summed E-state index contributed by atoms with van der Waals surface area (Å²) in [6.07, 6.45) is 0. The summed E-state index contributed by atoms with van der Waals surface area (Å²) in [7, 11) is 1.67. The Morgan fingerprint density at radius 1 is 1.06 bits per heavy atom. The summed E-state index contributed by atoms with van der Waals surface area (Å²) in [4.78, 5) is 21.6. The number of hydrogen-bond donors (Lipinski definition) is 2. The largest absolute Gasteiger partial charge is 0.496 e. The number of para-hydroxylation sites is 1. The molecule has 1 amide bonds. The molecule has 1 saturated heterocycles. The summed E-state index contributed by atoms with van der Waals surface area (Å²) in [6.45, 7) is 8.61. The van der Waals surface area contributed by atoms with E-state index in [1.807, 2.05) is 55.1 Å². The van der Waals surface area contributed by atoms with E-state index in [1.54, 1.807) is 7.11 Å². The van der Waals surface area contributed by atoms with Gasteiger partial charge in [0.1, 0.15) is 5.75 Å². The number of nitrogens with zero attached hydrogens (tertiary/aromatic N) is 3. The second-order valence-electron chi connectivity index (χ2n) is 7.57. The predicted molar refractivity (Wildman–Crippen MR) is 141 cm³/mol. The van der Waals surface area contributed by atoms with E-state index in [9.17, 15) is 4.79 Å². The van der Waals surface area contributed by atoms with Crippen LogP contribution in [0, 0.1) is 6.92 Å². The van der Waals surface area contributed by atoms with Crippen LogP contribution in [0.15, 0.2) is 53.5 Å². The molecule has 0 bridgehead atoms. The normalized spacial score (nSPS) is 13.9. The number of methoxy groups -OCH3 is 1. The predicted octanol–water partition coefficient (Wildman–Crippen LogP) is 3.03. The topological polar surface area (TPSA) is 69.2 Å². The molecule has 32 heavy (non-hydrogen) atoms. The summed E-state index contributed by atoms with van der Waals surface area (Å²) in [5.74, 6) is 1.54. The Hall–Kier alpha value is -2.49. The van der Waals surface area contributed by atoms with E-state index in [0.717, 1.165) is 49.6 Å². The first kappa shape index (κ1) is 25.8. The van der Waals surface area contributed by atoms with Gasteiger partial charge in [-0.25, -0.2) is 4.99 Å². The number of carbonyl (C=O) groups is 1. The van der Waals surface area contributed by atoms with E-state index >= 15 is 0 Å². The third-order valence-electron chi connectivity index (χ3n) is 5.36. The lowest BCUT2D eigenvalue weighted by Crippen LogP contribution is -2.52. The van der Waals surface area contributed by atoms with Crippen molar-refractivity contribution >= 4 is 41.5 Å². The zero-order chi connectivity index (χ0) is 22.1. The number of aliphatic imine (C=N–C) groups is 1. The lowest BCUT2D eigenvalue weighted by Gasteiger charge is -2.36. The van der Waals surface area contributed by atoms with Crippen LogP contribution in [-0.2, 0) is 11.3 Å². The van der Waals surface area contributed by atoms with E-state index in [2.05, 4.69) is 32.7 Å². The van der Waals surface area contributed by atoms with E-state index in [1.165, 1.54) is 5.69 Å². The van der Waals surface area contributed by atoms with Gasteiger partial charge in [0.05, 0.1) is 20.2 Å². The lowest BCUT2D eigenvalue weighted by molar-refractivity contribution is -0.130. The first-order valence-corrected chi connectivity index (χ1v) is 10.8. The minimum absolute atomic E-state index is 0. The van der Waals surface area contributed by atoms with Crippen LogP contribution in [0.2, 0.25) is 0 Å². The minimum atomic E-state index is 0. The third-order valence-corrected chi connectivity index (χ3v) is 5.36. The van der Waals surface area contributed by atoms with Crippen molar-refractivity contribution in [2.45, 2.75) is 20.4 Å². The lowest BCUT2D eigenvalue weighted by atomic mass is 10.1. The highest BCUT2D eigenvalue weighted by molar-refractivity contribution is 14.0. The van der Waals surface area contributed by atoms with Crippen molar-refractivity contribution in [1.29, 1.82) is 0 Å². The minimum Gasteiger partial charge on any atom is -0.496 e. The quantitative estimate of drug-likeness (QED) is 0.315. The van der Waals surface area contributed by atoms with Crippen molar-refractivity contribution in [3.05, 3.63) is 59.7 Å². The molecule has 1 heterocycles. The molecule has 0 atom stereocenters. The second kappa shape index (κ2) is 13.1. The Labute approximate surface area is 208 Å². The number of hydrogen-bond acceptors (Lipinski definition) is 4. The average Bonchev–Trinajstić information content (AvgIpc) is 2.81. The number of nitrogens with one attached hydrogen (secondary N) is 2. The summed E-state index contributed by atoms with van der Waals surface area (Å²) < 4.78 is 5.46. The van der Waals surface area contributed by atoms with Gasteiger partial charge in [0.25, 0.3) is 0 Å². The molecule has 0 saturated carbocycles. The number of carbonyl (C=O) groups excluding carboxylic acids is 1. The standard InChI is InChI=1S/C24H33N5O2.HI/c1-4-25-24(26-17-20-11-10-19(2)16-22(20)31-3)27-18-23(30)29-14-12-28(13-15-29)21-8-6-5-7-9-21;/h5-11,16H,4,12-15,17-18H2,1-3H3,(H2,25,26,27);1H. The Kier molecular flexibility index (Phi) is 10.6. The third kappa shape index (κ3) is 7.29. The molecule has 8 heteroatoms. The van der Waals surface area contributed by atoms with Gasteiger partial charge in [0.15, 0.2) is 5.96 Å². The summed E-state index contributed by atoms with van der Waals surface area (Å²) in [5.41, 5.74) is 3.36. The molecule has 0 aliphatic carbocycles. The zero-order valence-corrected chi connectivity index (χ0v) is 21.5. The van der Waals surface area contributed by atoms with Gasteiger partial charge in [-0.3, -0.25) is 4.79 Å². The fourth-order valence-electron chi connectivity index (χ4n) is 3.61. The maximum atomic E-state index is 12.7. The molecular formula is C24H34IN5O2. The maximum absolute atomic E-state index is 12.7. The van der Waals surface area contributed by atoms with Crippen molar-refractivity contribution in [1.82, 2.24) is 15.5 Å². The number of guanidine groups is 1. The number of halogens is 1. The number of benzene rings is 2. The second-order valence-corrected chi connectivity index (χ2v) is 7.57. The number of anilines is 1. The first-order chi connectivity index (χ1) is 15.1. The molecule has 1 fully saturated rings.